The van der Waals surface area contributed by atoms with Gasteiger partial charge >= 0.3 is 0 Å². The lowest BCUT2D eigenvalue weighted by molar-refractivity contribution is -0.164. The fraction of sp³-hybridized carbons (Fsp3) is 0.488. The lowest BCUT2D eigenvalue weighted by Gasteiger charge is -2.63. The Balaban J connectivity index is 0.832. The molecule has 0 spiro atoms. The van der Waals surface area contributed by atoms with Crippen LogP contribution in [0.15, 0.2) is 60.8 Å². The molecular weight excluding hydrogens is 744 g/mol. The van der Waals surface area contributed by atoms with Crippen LogP contribution in [0.2, 0.25) is 5.02 Å². The van der Waals surface area contributed by atoms with Crippen LogP contribution in [0.1, 0.15) is 79.8 Å². The van der Waals surface area contributed by atoms with Gasteiger partial charge in [0.05, 0.1) is 22.5 Å². The zero-order valence-electron chi connectivity index (χ0n) is 33.0. The molecule has 4 heterocycles. The summed E-state index contributed by atoms with van der Waals surface area (Å²) in [6.45, 7) is 15.1. The van der Waals surface area contributed by atoms with Crippen LogP contribution in [0.5, 0.6) is 5.75 Å². The van der Waals surface area contributed by atoms with Gasteiger partial charge in [0.1, 0.15) is 29.7 Å². The zero-order chi connectivity index (χ0) is 40.5. The van der Waals surface area contributed by atoms with E-state index in [0.717, 1.165) is 70.0 Å². The number of amides is 4. The molecule has 4 aliphatic rings. The predicted molar refractivity (Wildman–Crippen MR) is 217 cm³/mol. The van der Waals surface area contributed by atoms with E-state index in [1.165, 1.54) is 0 Å². The highest BCUT2D eigenvalue weighted by Gasteiger charge is 2.64. The van der Waals surface area contributed by atoms with E-state index >= 15 is 0 Å². The van der Waals surface area contributed by atoms with E-state index in [-0.39, 0.29) is 53.3 Å². The number of rotatable bonds is 10. The summed E-state index contributed by atoms with van der Waals surface area (Å²) in [4.78, 5) is 61.1. The molecule has 300 valence electrons. The predicted octanol–water partition coefficient (Wildman–Crippen LogP) is 4.79. The number of carbonyl (C=O) groups excluding carboxylic acids is 4. The van der Waals surface area contributed by atoms with Crippen molar-refractivity contribution in [1.29, 1.82) is 5.26 Å². The van der Waals surface area contributed by atoms with Crippen molar-refractivity contribution in [3.63, 3.8) is 0 Å². The second-order valence-electron chi connectivity index (χ2n) is 16.9. The van der Waals surface area contributed by atoms with E-state index in [1.54, 1.807) is 30.5 Å². The molecule has 13 nitrogen and oxygen atoms in total. The first-order valence-electron chi connectivity index (χ1n) is 19.8. The summed E-state index contributed by atoms with van der Waals surface area (Å²) >= 11 is 6.25. The number of benzene rings is 2. The highest BCUT2D eigenvalue weighted by molar-refractivity contribution is 6.31. The van der Waals surface area contributed by atoms with Crippen molar-refractivity contribution in [3.05, 3.63) is 82.6 Å². The lowest BCUT2D eigenvalue weighted by atomic mass is 9.49. The molecule has 0 radical (unpaired) electrons. The van der Waals surface area contributed by atoms with Crippen molar-refractivity contribution < 1.29 is 23.9 Å². The monoisotopic (exact) mass is 794 g/mol. The molecule has 3 aliphatic heterocycles. The Hall–Kier alpha value is -5.19. The lowest BCUT2D eigenvalue weighted by Crippen LogP contribution is -2.74. The molecule has 4 amide bonds. The smallest absolute Gasteiger partial charge is 0.270 e. The maximum Gasteiger partial charge on any atom is 0.270 e. The molecule has 1 aromatic heterocycles. The Kier molecular flexibility index (Phi) is 11.5. The largest absolute Gasteiger partial charge is 0.489 e. The van der Waals surface area contributed by atoms with Gasteiger partial charge < -0.3 is 25.2 Å². The first-order valence-corrected chi connectivity index (χ1v) is 20.2. The molecule has 14 heteroatoms. The van der Waals surface area contributed by atoms with Crippen molar-refractivity contribution in [2.75, 3.05) is 55.6 Å². The number of imide groups is 1. The molecule has 1 aliphatic carbocycles. The van der Waals surface area contributed by atoms with Crippen molar-refractivity contribution >= 4 is 46.6 Å². The molecule has 3 aromatic rings. The van der Waals surface area contributed by atoms with Crippen LogP contribution >= 0.6 is 11.6 Å². The van der Waals surface area contributed by atoms with E-state index in [9.17, 15) is 24.4 Å². The van der Waals surface area contributed by atoms with E-state index in [4.69, 9.17) is 16.3 Å². The van der Waals surface area contributed by atoms with E-state index in [0.29, 0.717) is 27.8 Å². The summed E-state index contributed by atoms with van der Waals surface area (Å²) in [7, 11) is 0. The second-order valence-corrected chi connectivity index (χ2v) is 17.4. The number of hydrogen-bond acceptors (Lipinski definition) is 10. The number of aromatic nitrogens is 1. The number of hydrogen-bond donors (Lipinski definition) is 3. The highest BCUT2D eigenvalue weighted by Crippen LogP contribution is 2.55. The molecule has 4 fully saturated rings. The van der Waals surface area contributed by atoms with Crippen molar-refractivity contribution in [2.24, 2.45) is 16.7 Å². The van der Waals surface area contributed by atoms with Crippen LogP contribution in [0.4, 0.5) is 11.4 Å². The normalized spacial score (nSPS) is 23.5. The number of piperidine rings is 2. The summed E-state index contributed by atoms with van der Waals surface area (Å²) in [6.07, 6.45) is 4.24. The highest BCUT2D eigenvalue weighted by atomic mass is 35.5. The van der Waals surface area contributed by atoms with Crippen LogP contribution in [0.25, 0.3) is 0 Å². The third kappa shape index (κ3) is 8.58. The molecule has 57 heavy (non-hydrogen) atoms. The third-order valence-corrected chi connectivity index (χ3v) is 12.6. The molecule has 1 atom stereocenters. The topological polar surface area (TPSA) is 160 Å². The quantitative estimate of drug-likeness (QED) is 0.244. The Morgan fingerprint density at radius 2 is 1.54 bits per heavy atom. The average molecular weight is 795 g/mol. The Morgan fingerprint density at radius 1 is 0.877 bits per heavy atom. The number of nitrogens with zero attached hydrogens (tertiary/aromatic N) is 5. The van der Waals surface area contributed by atoms with E-state index < -0.39 is 17.9 Å². The van der Waals surface area contributed by atoms with Crippen molar-refractivity contribution in [3.8, 4) is 11.8 Å². The number of piperazine rings is 1. The standard InChI is InChI=1S/C43H51ClN8O5/c1-42(2)40(43(3,4)41(42)57-32-11-7-29(24-45)33(44)23-32)49-37(54)28-5-8-30(9-6-28)51-17-15-27(16-18-51)26-50-19-21-52(22-20-50)31-10-12-34(46-25-31)38(55)47-35-13-14-36(53)48-39(35)56/h5-12,23,25,27,35,40-41H,13-22,26H2,1-4H3,(H,47,55)(H,49,54)(H,48,53,56)/t35-,40?,41?/m1/s1. The maximum absolute atomic E-state index is 13.5. The first kappa shape index (κ1) is 40.0. The molecule has 0 unspecified atom stereocenters. The number of halogens is 1. The van der Waals surface area contributed by atoms with Crippen molar-refractivity contribution in [2.45, 2.75) is 71.6 Å². The van der Waals surface area contributed by atoms with Crippen LogP contribution in [0.3, 0.4) is 0 Å². The molecule has 2 aromatic carbocycles. The zero-order valence-corrected chi connectivity index (χ0v) is 33.8. The maximum atomic E-state index is 13.5. The average Bonchev–Trinajstić information content (AvgIpc) is 3.20. The molecule has 7 rings (SSSR count). The fourth-order valence-corrected chi connectivity index (χ4v) is 9.55. The molecule has 3 N–H and O–H groups in total. The minimum Gasteiger partial charge on any atom is -0.489 e. The van der Waals surface area contributed by atoms with Crippen LogP contribution < -0.4 is 30.5 Å². The van der Waals surface area contributed by atoms with Gasteiger partial charge in [-0.3, -0.25) is 29.4 Å². The van der Waals surface area contributed by atoms with Gasteiger partial charge in [0.2, 0.25) is 11.8 Å². The van der Waals surface area contributed by atoms with Crippen LogP contribution in [0, 0.1) is 28.1 Å². The van der Waals surface area contributed by atoms with E-state index in [1.807, 2.05) is 18.2 Å². The molecule has 3 saturated heterocycles. The van der Waals surface area contributed by atoms with Gasteiger partial charge in [-0.1, -0.05) is 39.3 Å². The van der Waals surface area contributed by atoms with Gasteiger partial charge in [-0.2, -0.15) is 5.26 Å². The number of anilines is 2. The Morgan fingerprint density at radius 3 is 2.16 bits per heavy atom. The molecule has 0 bridgehead atoms. The number of ether oxygens (including phenoxy) is 1. The third-order valence-electron chi connectivity index (χ3n) is 12.3. The van der Waals surface area contributed by atoms with E-state index in [2.05, 4.69) is 81.5 Å². The van der Waals surface area contributed by atoms with Gasteiger partial charge in [0, 0.05) is 86.4 Å². The van der Waals surface area contributed by atoms with Gasteiger partial charge in [-0.05, 0) is 73.7 Å². The second kappa shape index (κ2) is 16.3. The fourth-order valence-electron chi connectivity index (χ4n) is 9.33. The Labute approximate surface area is 339 Å². The number of nitrogens with one attached hydrogen (secondary N) is 3. The summed E-state index contributed by atoms with van der Waals surface area (Å²) in [5.74, 6) is -0.114. The minimum absolute atomic E-state index is 0.103. The number of carbonyl (C=O) groups is 4. The summed E-state index contributed by atoms with van der Waals surface area (Å²) in [5.41, 5.74) is 2.68. The summed E-state index contributed by atoms with van der Waals surface area (Å²) < 4.78 is 6.38. The van der Waals surface area contributed by atoms with Crippen molar-refractivity contribution in [1.82, 2.24) is 25.8 Å². The summed E-state index contributed by atoms with van der Waals surface area (Å²) in [6, 6.07) is 17.8. The van der Waals surface area contributed by atoms with Crippen LogP contribution in [-0.4, -0.2) is 97.5 Å². The van der Waals surface area contributed by atoms with Gasteiger partial charge in [0.15, 0.2) is 0 Å². The number of nitriles is 1. The van der Waals surface area contributed by atoms with Gasteiger partial charge in [0.25, 0.3) is 11.8 Å². The van der Waals surface area contributed by atoms with Crippen LogP contribution in [-0.2, 0) is 9.59 Å². The SMILES string of the molecule is CC1(C)C(NC(=O)c2ccc(N3CCC(CN4CCN(c5ccc(C(=O)N[C@@H]6CCC(=O)NC6=O)nc5)CC4)CC3)cc2)C(C)(C)C1Oc1ccc(C#N)c(Cl)c1. The molecule has 1 saturated carbocycles. The summed E-state index contributed by atoms with van der Waals surface area (Å²) in [5, 5.41) is 17.8. The molecular formula is C43H51ClN8O5. The first-order chi connectivity index (χ1) is 27.2. The van der Waals surface area contributed by atoms with Gasteiger partial charge in [-0.15, -0.1) is 0 Å². The minimum atomic E-state index is -0.733. The number of pyridine rings is 1. The van der Waals surface area contributed by atoms with Gasteiger partial charge in [-0.25, -0.2) is 4.98 Å². The Bertz CT molecular complexity index is 2020.